The third-order valence-electron chi connectivity index (χ3n) is 1.75. The summed E-state index contributed by atoms with van der Waals surface area (Å²) in [6.45, 7) is 14.3. The molecule has 1 heteroatoms. The van der Waals surface area contributed by atoms with Gasteiger partial charge in [-0.25, -0.2) is 0 Å². The molecule has 0 aliphatic rings. The second-order valence-electron chi connectivity index (χ2n) is 3.66. The minimum Gasteiger partial charge on any atom is -0.310 e. The first-order valence-electron chi connectivity index (χ1n) is 6.06. The molecule has 0 aliphatic carbocycles. The average molecular weight is 201 g/mol. The highest BCUT2D eigenvalue weighted by molar-refractivity contribution is 5.75. The van der Waals surface area contributed by atoms with Gasteiger partial charge in [0.15, 0.2) is 0 Å². The summed E-state index contributed by atoms with van der Waals surface area (Å²) in [5, 5.41) is 6.50. The quantitative estimate of drug-likeness (QED) is 0.597. The van der Waals surface area contributed by atoms with Crippen LogP contribution in [-0.4, -0.2) is 5.71 Å². The van der Waals surface area contributed by atoms with Crippen molar-refractivity contribution in [1.29, 1.82) is 5.41 Å². The molecule has 0 bridgehead atoms. The van der Waals surface area contributed by atoms with Crippen LogP contribution >= 0.6 is 0 Å². The van der Waals surface area contributed by atoms with Crippen LogP contribution in [0.3, 0.4) is 0 Å². The zero-order valence-electron chi connectivity index (χ0n) is 11.4. The van der Waals surface area contributed by atoms with Gasteiger partial charge in [0.1, 0.15) is 0 Å². The molecule has 0 aromatic heterocycles. The van der Waals surface area contributed by atoms with Crippen molar-refractivity contribution in [3.63, 3.8) is 0 Å². The van der Waals surface area contributed by atoms with E-state index in [9.17, 15) is 0 Å². The third-order valence-corrected chi connectivity index (χ3v) is 1.75. The molecule has 0 amide bonds. The third kappa shape index (κ3) is 41.3. The first kappa shape index (κ1) is 19.3. The molecule has 1 N–H and O–H groups in total. The van der Waals surface area contributed by atoms with Crippen molar-refractivity contribution in [3.05, 3.63) is 0 Å². The second kappa shape index (κ2) is 18.5. The SMILES string of the molecule is CC.CC(C)=N.CCCCC(C)CC. The van der Waals surface area contributed by atoms with Crippen LogP contribution in [0.5, 0.6) is 0 Å². The standard InChI is InChI=1S/C8H18.C3H7N.C2H6/c1-4-6-7-8(3)5-2;1-3(2)4;1-2/h8H,4-7H2,1-3H3;4H,1-2H3;1-2H3. The Labute approximate surface area is 91.8 Å². The van der Waals surface area contributed by atoms with E-state index < -0.39 is 0 Å². The van der Waals surface area contributed by atoms with Crippen LogP contribution in [0.25, 0.3) is 0 Å². The van der Waals surface area contributed by atoms with Crippen molar-refractivity contribution in [2.45, 2.75) is 74.1 Å². The Kier molecular flexibility index (Phi) is 25.4. The maximum atomic E-state index is 6.50. The molecule has 0 aliphatic heterocycles. The molecule has 0 aromatic carbocycles. The monoisotopic (exact) mass is 201 g/mol. The van der Waals surface area contributed by atoms with Gasteiger partial charge in [0, 0.05) is 5.71 Å². The van der Waals surface area contributed by atoms with Gasteiger partial charge in [-0.05, 0) is 19.8 Å². The molecule has 0 heterocycles. The molecule has 0 rings (SSSR count). The average Bonchev–Trinajstić information content (AvgIpc) is 2.16. The van der Waals surface area contributed by atoms with Crippen molar-refractivity contribution in [2.75, 3.05) is 0 Å². The van der Waals surface area contributed by atoms with E-state index in [1.54, 1.807) is 13.8 Å². The van der Waals surface area contributed by atoms with E-state index in [1.165, 1.54) is 25.7 Å². The fraction of sp³-hybridized carbons (Fsp3) is 0.923. The summed E-state index contributed by atoms with van der Waals surface area (Å²) >= 11 is 0. The van der Waals surface area contributed by atoms with Crippen molar-refractivity contribution in [2.24, 2.45) is 5.92 Å². The second-order valence-corrected chi connectivity index (χ2v) is 3.66. The summed E-state index contributed by atoms with van der Waals surface area (Å²) in [6, 6.07) is 0. The number of hydrogen-bond donors (Lipinski definition) is 1. The Morgan fingerprint density at radius 1 is 1.14 bits per heavy atom. The summed E-state index contributed by atoms with van der Waals surface area (Å²) in [5.41, 5.74) is 0.667. The number of unbranched alkanes of at least 4 members (excludes halogenated alkanes) is 1. The Morgan fingerprint density at radius 3 is 1.71 bits per heavy atom. The van der Waals surface area contributed by atoms with E-state index in [0.717, 1.165) is 5.92 Å². The van der Waals surface area contributed by atoms with Crippen molar-refractivity contribution in [3.8, 4) is 0 Å². The van der Waals surface area contributed by atoms with Crippen LogP contribution in [-0.2, 0) is 0 Å². The molecule has 0 radical (unpaired) electrons. The van der Waals surface area contributed by atoms with E-state index in [0.29, 0.717) is 5.71 Å². The summed E-state index contributed by atoms with van der Waals surface area (Å²) in [5.74, 6) is 0.954. The predicted molar refractivity (Wildman–Crippen MR) is 69.4 cm³/mol. The van der Waals surface area contributed by atoms with Crippen LogP contribution in [0.4, 0.5) is 0 Å². The van der Waals surface area contributed by atoms with Crippen molar-refractivity contribution >= 4 is 5.71 Å². The Hall–Kier alpha value is -0.330. The molecule has 1 nitrogen and oxygen atoms in total. The maximum absolute atomic E-state index is 6.50. The molecular formula is C13H31N. The molecule has 88 valence electrons. The van der Waals surface area contributed by atoms with Gasteiger partial charge in [-0.15, -0.1) is 0 Å². The smallest absolute Gasteiger partial charge is 0.00272 e. The zero-order valence-corrected chi connectivity index (χ0v) is 11.4. The fourth-order valence-electron chi connectivity index (χ4n) is 0.757. The van der Waals surface area contributed by atoms with E-state index in [-0.39, 0.29) is 0 Å². The normalized spacial score (nSPS) is 10.2. The Bertz CT molecular complexity index is 93.4. The van der Waals surface area contributed by atoms with E-state index in [4.69, 9.17) is 5.41 Å². The molecule has 0 saturated carbocycles. The number of hydrogen-bond acceptors (Lipinski definition) is 1. The maximum Gasteiger partial charge on any atom is 0.00272 e. The molecule has 14 heavy (non-hydrogen) atoms. The largest absolute Gasteiger partial charge is 0.310 e. The van der Waals surface area contributed by atoms with Gasteiger partial charge in [-0.3, -0.25) is 0 Å². The molecule has 0 fully saturated rings. The number of nitrogens with one attached hydrogen (secondary N) is 1. The highest BCUT2D eigenvalue weighted by Gasteiger charge is 1.94. The highest BCUT2D eigenvalue weighted by atomic mass is 14.3. The van der Waals surface area contributed by atoms with Crippen molar-refractivity contribution < 1.29 is 0 Å². The summed E-state index contributed by atoms with van der Waals surface area (Å²) in [6.07, 6.45) is 5.53. The summed E-state index contributed by atoms with van der Waals surface area (Å²) < 4.78 is 0. The zero-order chi connectivity index (χ0) is 12.0. The molecule has 0 saturated heterocycles. The molecular weight excluding hydrogens is 170 g/mol. The van der Waals surface area contributed by atoms with E-state index >= 15 is 0 Å². The minimum absolute atomic E-state index is 0.667. The van der Waals surface area contributed by atoms with E-state index in [2.05, 4.69) is 20.8 Å². The minimum atomic E-state index is 0.667. The molecule has 1 atom stereocenters. The predicted octanol–water partition coefficient (Wildman–Crippen LogP) is 5.29. The van der Waals surface area contributed by atoms with Crippen LogP contribution in [0.2, 0.25) is 0 Å². The molecule has 0 aromatic rings. The fourth-order valence-corrected chi connectivity index (χ4v) is 0.757. The van der Waals surface area contributed by atoms with Crippen LogP contribution in [0, 0.1) is 11.3 Å². The highest BCUT2D eigenvalue weighted by Crippen LogP contribution is 2.09. The van der Waals surface area contributed by atoms with E-state index in [1.807, 2.05) is 13.8 Å². The number of rotatable bonds is 4. The lowest BCUT2D eigenvalue weighted by Crippen LogP contribution is -1.89. The van der Waals surface area contributed by atoms with Crippen LogP contribution < -0.4 is 0 Å². The van der Waals surface area contributed by atoms with Gasteiger partial charge in [0.25, 0.3) is 0 Å². The summed E-state index contributed by atoms with van der Waals surface area (Å²) in [4.78, 5) is 0. The first-order valence-corrected chi connectivity index (χ1v) is 6.06. The van der Waals surface area contributed by atoms with Gasteiger partial charge in [-0.1, -0.05) is 60.3 Å². The lowest BCUT2D eigenvalue weighted by Gasteiger charge is -2.04. The van der Waals surface area contributed by atoms with Gasteiger partial charge in [0.2, 0.25) is 0 Å². The summed E-state index contributed by atoms with van der Waals surface area (Å²) in [7, 11) is 0. The first-order chi connectivity index (χ1) is 6.54. The Morgan fingerprint density at radius 2 is 1.50 bits per heavy atom. The molecule has 0 spiro atoms. The van der Waals surface area contributed by atoms with Crippen LogP contribution in [0.15, 0.2) is 0 Å². The van der Waals surface area contributed by atoms with Gasteiger partial charge in [0.05, 0.1) is 0 Å². The van der Waals surface area contributed by atoms with Gasteiger partial charge < -0.3 is 5.41 Å². The van der Waals surface area contributed by atoms with Crippen molar-refractivity contribution in [1.82, 2.24) is 0 Å². The van der Waals surface area contributed by atoms with Gasteiger partial charge >= 0.3 is 0 Å². The Balaban J connectivity index is -0.000000170. The van der Waals surface area contributed by atoms with Gasteiger partial charge in [-0.2, -0.15) is 0 Å². The lowest BCUT2D eigenvalue weighted by atomic mass is 10.0. The molecule has 1 unspecified atom stereocenters. The van der Waals surface area contributed by atoms with Crippen LogP contribution in [0.1, 0.15) is 74.1 Å². The topological polar surface area (TPSA) is 23.9 Å². The lowest BCUT2D eigenvalue weighted by molar-refractivity contribution is 0.492.